The zero-order valence-electron chi connectivity index (χ0n) is 11.5. The standard InChI is InChI=1S/C15H28N2/c1-4-8-14(6-3)17-15(12-16)10-7-9-13(5-2)11-15/h3,13-14,17H,4-5,7-12,16H2,1-2H3. The van der Waals surface area contributed by atoms with Crippen molar-refractivity contribution in [2.24, 2.45) is 11.7 Å². The van der Waals surface area contributed by atoms with Gasteiger partial charge in [-0.3, -0.25) is 5.32 Å². The van der Waals surface area contributed by atoms with E-state index in [0.29, 0.717) is 6.54 Å². The molecule has 1 rings (SSSR count). The van der Waals surface area contributed by atoms with Crippen LogP contribution in [-0.4, -0.2) is 18.1 Å². The van der Waals surface area contributed by atoms with E-state index in [4.69, 9.17) is 12.2 Å². The average molecular weight is 236 g/mol. The minimum Gasteiger partial charge on any atom is -0.329 e. The first-order chi connectivity index (χ1) is 8.19. The summed E-state index contributed by atoms with van der Waals surface area (Å²) in [5, 5.41) is 3.67. The number of hydrogen-bond donors (Lipinski definition) is 2. The quantitative estimate of drug-likeness (QED) is 0.696. The maximum absolute atomic E-state index is 6.02. The van der Waals surface area contributed by atoms with Crippen LogP contribution >= 0.6 is 0 Å². The van der Waals surface area contributed by atoms with E-state index in [2.05, 4.69) is 25.1 Å². The first-order valence-corrected chi connectivity index (χ1v) is 7.13. The van der Waals surface area contributed by atoms with Gasteiger partial charge in [-0.2, -0.15) is 0 Å². The maximum Gasteiger partial charge on any atom is 0.0691 e. The summed E-state index contributed by atoms with van der Waals surface area (Å²) in [5.41, 5.74) is 6.13. The Bertz CT molecular complexity index is 256. The van der Waals surface area contributed by atoms with E-state index in [9.17, 15) is 0 Å². The third kappa shape index (κ3) is 4.01. The molecule has 98 valence electrons. The minimum absolute atomic E-state index is 0.102. The molecule has 2 nitrogen and oxygen atoms in total. The highest BCUT2D eigenvalue weighted by atomic mass is 15.0. The molecule has 0 aromatic rings. The molecule has 0 aromatic carbocycles. The van der Waals surface area contributed by atoms with E-state index in [1.165, 1.54) is 32.1 Å². The highest BCUT2D eigenvalue weighted by Gasteiger charge is 2.35. The Balaban J connectivity index is 2.64. The van der Waals surface area contributed by atoms with Crippen LogP contribution in [-0.2, 0) is 0 Å². The van der Waals surface area contributed by atoms with Gasteiger partial charge in [0.05, 0.1) is 6.04 Å². The van der Waals surface area contributed by atoms with E-state index >= 15 is 0 Å². The summed E-state index contributed by atoms with van der Waals surface area (Å²) in [6, 6.07) is 0.194. The maximum atomic E-state index is 6.02. The molecule has 17 heavy (non-hydrogen) atoms. The Kier molecular flexibility index (Phi) is 6.02. The molecule has 1 aliphatic carbocycles. The molecule has 3 N–H and O–H groups in total. The lowest BCUT2D eigenvalue weighted by Gasteiger charge is -2.42. The van der Waals surface area contributed by atoms with Crippen molar-refractivity contribution in [3.63, 3.8) is 0 Å². The van der Waals surface area contributed by atoms with Crippen LogP contribution in [0, 0.1) is 18.3 Å². The number of hydrogen-bond acceptors (Lipinski definition) is 2. The van der Waals surface area contributed by atoms with Crippen LogP contribution in [0.4, 0.5) is 0 Å². The van der Waals surface area contributed by atoms with Crippen LogP contribution in [0.5, 0.6) is 0 Å². The summed E-state index contributed by atoms with van der Waals surface area (Å²) in [5.74, 6) is 3.69. The summed E-state index contributed by atoms with van der Waals surface area (Å²) < 4.78 is 0. The first-order valence-electron chi connectivity index (χ1n) is 7.13. The Morgan fingerprint density at radius 2 is 2.29 bits per heavy atom. The molecule has 0 radical (unpaired) electrons. The molecule has 0 aromatic heterocycles. The average Bonchev–Trinajstić information content (AvgIpc) is 2.38. The lowest BCUT2D eigenvalue weighted by molar-refractivity contribution is 0.171. The normalized spacial score (nSPS) is 30.8. The minimum atomic E-state index is 0.102. The zero-order chi connectivity index (χ0) is 12.7. The lowest BCUT2D eigenvalue weighted by Crippen LogP contribution is -2.57. The van der Waals surface area contributed by atoms with E-state index in [1.807, 2.05) is 0 Å². The summed E-state index contributed by atoms with van der Waals surface area (Å²) in [4.78, 5) is 0. The molecule has 0 aliphatic heterocycles. The second-order valence-electron chi connectivity index (χ2n) is 5.51. The summed E-state index contributed by atoms with van der Waals surface area (Å²) >= 11 is 0. The molecule has 2 heteroatoms. The van der Waals surface area contributed by atoms with Crippen LogP contribution in [0.15, 0.2) is 0 Å². The van der Waals surface area contributed by atoms with Gasteiger partial charge in [0.2, 0.25) is 0 Å². The highest BCUT2D eigenvalue weighted by Crippen LogP contribution is 2.34. The van der Waals surface area contributed by atoms with Crippen molar-refractivity contribution >= 4 is 0 Å². The lowest BCUT2D eigenvalue weighted by atomic mass is 9.74. The molecule has 0 heterocycles. The molecule has 3 atom stereocenters. The Morgan fingerprint density at radius 3 is 2.82 bits per heavy atom. The fourth-order valence-electron chi connectivity index (χ4n) is 3.07. The number of terminal acetylenes is 1. The van der Waals surface area contributed by atoms with Crippen LogP contribution < -0.4 is 11.1 Å². The molecule has 0 bridgehead atoms. The molecule has 1 fully saturated rings. The number of rotatable bonds is 6. The van der Waals surface area contributed by atoms with Crippen molar-refractivity contribution in [1.82, 2.24) is 5.32 Å². The van der Waals surface area contributed by atoms with Gasteiger partial charge in [0, 0.05) is 12.1 Å². The second-order valence-corrected chi connectivity index (χ2v) is 5.51. The SMILES string of the molecule is C#CC(CCC)NC1(CN)CCCC(CC)C1. The topological polar surface area (TPSA) is 38.0 Å². The monoisotopic (exact) mass is 236 g/mol. The van der Waals surface area contributed by atoms with Gasteiger partial charge in [-0.05, 0) is 25.2 Å². The van der Waals surface area contributed by atoms with Gasteiger partial charge in [0.15, 0.2) is 0 Å². The first kappa shape index (κ1) is 14.5. The second kappa shape index (κ2) is 7.03. The van der Waals surface area contributed by atoms with Crippen LogP contribution in [0.3, 0.4) is 0 Å². The van der Waals surface area contributed by atoms with E-state index in [-0.39, 0.29) is 11.6 Å². The fourth-order valence-corrected chi connectivity index (χ4v) is 3.07. The molecule has 0 spiro atoms. The molecule has 0 amide bonds. The van der Waals surface area contributed by atoms with Gasteiger partial charge in [0.1, 0.15) is 0 Å². The van der Waals surface area contributed by atoms with Gasteiger partial charge >= 0.3 is 0 Å². The Morgan fingerprint density at radius 1 is 1.53 bits per heavy atom. The van der Waals surface area contributed by atoms with Gasteiger partial charge < -0.3 is 5.73 Å². The van der Waals surface area contributed by atoms with Crippen LogP contribution in [0.2, 0.25) is 0 Å². The van der Waals surface area contributed by atoms with Crippen molar-refractivity contribution in [3.05, 3.63) is 0 Å². The number of nitrogens with one attached hydrogen (secondary N) is 1. The van der Waals surface area contributed by atoms with Crippen LogP contribution in [0.1, 0.15) is 58.8 Å². The molecule has 0 saturated heterocycles. The molecular formula is C15H28N2. The fraction of sp³-hybridized carbons (Fsp3) is 0.867. The van der Waals surface area contributed by atoms with E-state index in [0.717, 1.165) is 18.8 Å². The third-order valence-corrected chi connectivity index (χ3v) is 4.17. The summed E-state index contributed by atoms with van der Waals surface area (Å²) in [6.07, 6.45) is 14.1. The van der Waals surface area contributed by atoms with Crippen molar-refractivity contribution in [3.8, 4) is 12.3 Å². The van der Waals surface area contributed by atoms with Crippen LogP contribution in [0.25, 0.3) is 0 Å². The van der Waals surface area contributed by atoms with Crippen molar-refractivity contribution < 1.29 is 0 Å². The predicted molar refractivity (Wildman–Crippen MR) is 74.7 cm³/mol. The van der Waals surface area contributed by atoms with Gasteiger partial charge in [0.25, 0.3) is 0 Å². The predicted octanol–water partition coefficient (Wildman–Crippen LogP) is 2.68. The van der Waals surface area contributed by atoms with Gasteiger partial charge in [-0.1, -0.05) is 45.5 Å². The van der Waals surface area contributed by atoms with E-state index < -0.39 is 0 Å². The molecule has 1 aliphatic rings. The molecule has 1 saturated carbocycles. The van der Waals surface area contributed by atoms with Crippen molar-refractivity contribution in [1.29, 1.82) is 0 Å². The smallest absolute Gasteiger partial charge is 0.0691 e. The largest absolute Gasteiger partial charge is 0.329 e. The summed E-state index contributed by atoms with van der Waals surface area (Å²) in [7, 11) is 0. The summed E-state index contributed by atoms with van der Waals surface area (Å²) in [6.45, 7) is 5.17. The Labute approximate surface area is 107 Å². The van der Waals surface area contributed by atoms with E-state index in [1.54, 1.807) is 0 Å². The van der Waals surface area contributed by atoms with Gasteiger partial charge in [-0.15, -0.1) is 6.42 Å². The van der Waals surface area contributed by atoms with Gasteiger partial charge in [-0.25, -0.2) is 0 Å². The molecule has 3 unspecified atom stereocenters. The molecular weight excluding hydrogens is 208 g/mol. The number of nitrogens with two attached hydrogens (primary N) is 1. The Hall–Kier alpha value is -0.520. The van der Waals surface area contributed by atoms with Crippen molar-refractivity contribution in [2.75, 3.05) is 6.54 Å². The zero-order valence-corrected chi connectivity index (χ0v) is 11.5. The highest BCUT2D eigenvalue weighted by molar-refractivity contribution is 5.05. The third-order valence-electron chi connectivity index (χ3n) is 4.17. The van der Waals surface area contributed by atoms with Crippen molar-refractivity contribution in [2.45, 2.75) is 70.4 Å².